The number of carbonyl (C=O) groups is 6. The van der Waals surface area contributed by atoms with Crippen molar-refractivity contribution in [2.45, 2.75) is 204 Å². The van der Waals surface area contributed by atoms with Crippen molar-refractivity contribution in [3.05, 3.63) is 71.8 Å². The highest BCUT2D eigenvalue weighted by molar-refractivity contribution is 8.00. The number of ether oxygens (including phenoxy) is 2. The van der Waals surface area contributed by atoms with E-state index in [0.717, 1.165) is 67.6 Å². The van der Waals surface area contributed by atoms with E-state index in [1.807, 2.05) is 67.3 Å². The minimum absolute atomic E-state index is 0.0497. The summed E-state index contributed by atoms with van der Waals surface area (Å²) in [5.74, 6) is 0.367. The van der Waals surface area contributed by atoms with Gasteiger partial charge >= 0.3 is 0 Å². The minimum Gasteiger partial charge on any atom is -0.381 e. The molecule has 6 rings (SSSR count). The number of likely N-dealkylation sites (N-methyl/N-ethyl adjacent to an activating group) is 1. The number of unbranched alkanes of at least 4 members (excludes halogenated alkanes) is 9. The second-order valence-electron chi connectivity index (χ2n) is 23.3. The third kappa shape index (κ3) is 16.8. The van der Waals surface area contributed by atoms with Crippen molar-refractivity contribution in [1.82, 2.24) is 31.1 Å². The molecule has 4 heterocycles. The molecule has 4 fully saturated rings. The van der Waals surface area contributed by atoms with Crippen molar-refractivity contribution in [2.75, 3.05) is 45.0 Å². The predicted molar refractivity (Wildman–Crippen MR) is 306 cm³/mol. The summed E-state index contributed by atoms with van der Waals surface area (Å²) in [6.45, 7) is 16.0. The SMILES string of the molecule is CC[C@@H](C)C(=O)N[C@H]1CCS[C@H]2CC(C)(C)[C@@H](C(=O)N[C@H](COCCCCCCCCCCCCOC[C@@H](CC(=O)[C@H]3N4C(=O)[C@@H](NC(=O)[C@H](C)NC)CCS[C@H]4CC3(C)C)c3ccccc3)c3ccccc3)N2C1=O. The number of ketones is 1. The van der Waals surface area contributed by atoms with Gasteiger partial charge in [-0.1, -0.05) is 154 Å². The lowest BCUT2D eigenvalue weighted by atomic mass is 9.79. The number of hydrogen-bond acceptors (Lipinski definition) is 11. The average Bonchev–Trinajstić information content (AvgIpc) is 3.73. The standard InChI is InChI=1S/C60H92N6O8S2/c1-9-41(2)54(68)62-46-30-34-76-51-38-60(6,7)53(66(51)58(46)72)56(70)64-48(44-28-22-19-23-29-44)40-74-33-25-17-15-13-11-10-12-14-16-24-32-73-39-45(43-26-20-18-21-27-43)36-49(67)52-59(4,5)37-50-65(52)57(71)47(31-35-75-50)63-55(69)42(3)61-8/h18-23,26-29,41-42,45-48,50-53,61H,9-17,24-25,30-40H2,1-8H3,(H,62,68)(H,63,69)(H,64,70)/t41-,42+,45-,46+,47+,48-,50+,51+,52-,53-/m1/s1. The average molecular weight is 1090 g/mol. The molecule has 2 aromatic carbocycles. The van der Waals surface area contributed by atoms with Crippen LogP contribution in [0.1, 0.15) is 174 Å². The summed E-state index contributed by atoms with van der Waals surface area (Å²) in [6, 6.07) is 16.7. The van der Waals surface area contributed by atoms with Crippen LogP contribution in [0.25, 0.3) is 0 Å². The molecule has 10 atom stereocenters. The number of rotatable bonds is 30. The number of nitrogens with one attached hydrogen (secondary N) is 4. The molecule has 5 amide bonds. The number of fused-ring (bicyclic) bond motifs is 2. The zero-order valence-corrected chi connectivity index (χ0v) is 48.7. The summed E-state index contributed by atoms with van der Waals surface area (Å²) in [4.78, 5) is 86.3. The van der Waals surface area contributed by atoms with Crippen molar-refractivity contribution in [1.29, 1.82) is 0 Å². The third-order valence-electron chi connectivity index (χ3n) is 16.3. The first-order valence-corrected chi connectivity index (χ1v) is 30.8. The van der Waals surface area contributed by atoms with E-state index >= 15 is 0 Å². The first-order valence-electron chi connectivity index (χ1n) is 28.7. The van der Waals surface area contributed by atoms with Gasteiger partial charge in [-0.2, -0.15) is 0 Å². The maximum absolute atomic E-state index is 14.4. The molecule has 76 heavy (non-hydrogen) atoms. The Morgan fingerprint density at radius 1 is 0.645 bits per heavy atom. The van der Waals surface area contributed by atoms with Crippen LogP contribution >= 0.6 is 23.5 Å². The molecule has 0 radical (unpaired) electrons. The summed E-state index contributed by atoms with van der Waals surface area (Å²) in [6.07, 6.45) is 14.7. The molecule has 4 N–H and O–H groups in total. The third-order valence-corrected chi connectivity index (χ3v) is 18.8. The van der Waals surface area contributed by atoms with Crippen LogP contribution in [-0.4, -0.2) is 131 Å². The molecule has 16 heteroatoms. The molecule has 0 bridgehead atoms. The first kappa shape index (κ1) is 61.3. The molecule has 4 aliphatic heterocycles. The van der Waals surface area contributed by atoms with Gasteiger partial charge in [-0.15, -0.1) is 23.5 Å². The number of hydrogen-bond donors (Lipinski definition) is 4. The topological polar surface area (TPSA) is 175 Å². The van der Waals surface area contributed by atoms with Crippen molar-refractivity contribution < 1.29 is 38.2 Å². The molecule has 0 aliphatic carbocycles. The van der Waals surface area contributed by atoms with E-state index in [9.17, 15) is 28.8 Å². The predicted octanol–water partition coefficient (Wildman–Crippen LogP) is 9.32. The van der Waals surface area contributed by atoms with E-state index in [0.29, 0.717) is 52.1 Å². The molecule has 2 aromatic rings. The second-order valence-corrected chi connectivity index (χ2v) is 25.9. The van der Waals surface area contributed by atoms with Crippen LogP contribution in [0.15, 0.2) is 60.7 Å². The van der Waals surface area contributed by atoms with Gasteiger partial charge < -0.3 is 40.5 Å². The molecule has 0 spiro atoms. The van der Waals surface area contributed by atoms with Crippen LogP contribution in [0.2, 0.25) is 0 Å². The Balaban J connectivity index is 0.866. The lowest BCUT2D eigenvalue weighted by Crippen LogP contribution is -2.57. The maximum atomic E-state index is 14.4. The van der Waals surface area contributed by atoms with E-state index in [2.05, 4.69) is 61.1 Å². The summed E-state index contributed by atoms with van der Waals surface area (Å²) in [5, 5.41) is 12.0. The Hall–Kier alpha value is -3.96. The van der Waals surface area contributed by atoms with Crippen LogP contribution in [-0.2, 0) is 38.2 Å². The molecular formula is C60H92N6O8S2. The van der Waals surface area contributed by atoms with Gasteiger partial charge in [-0.25, -0.2) is 0 Å². The van der Waals surface area contributed by atoms with Crippen molar-refractivity contribution in [3.8, 4) is 0 Å². The number of benzene rings is 2. The monoisotopic (exact) mass is 1090 g/mol. The van der Waals surface area contributed by atoms with Crippen molar-refractivity contribution in [2.24, 2.45) is 16.7 Å². The Bertz CT molecular complexity index is 2030. The van der Waals surface area contributed by atoms with Gasteiger partial charge in [0.25, 0.3) is 0 Å². The molecule has 0 saturated carbocycles. The van der Waals surface area contributed by atoms with Crippen LogP contribution in [0, 0.1) is 16.7 Å². The number of amides is 5. The maximum Gasteiger partial charge on any atom is 0.246 e. The van der Waals surface area contributed by atoms with Gasteiger partial charge in [0, 0.05) is 31.5 Å². The Labute approximate surface area is 463 Å². The zero-order chi connectivity index (χ0) is 54.8. The normalized spacial score (nSPS) is 24.6. The molecule has 0 aromatic heterocycles. The van der Waals surface area contributed by atoms with Crippen molar-refractivity contribution in [3.63, 3.8) is 0 Å². The summed E-state index contributed by atoms with van der Waals surface area (Å²) in [7, 11) is 1.72. The first-order chi connectivity index (χ1) is 36.5. The fourth-order valence-electron chi connectivity index (χ4n) is 11.5. The van der Waals surface area contributed by atoms with Gasteiger partial charge in [0.05, 0.1) is 42.1 Å². The lowest BCUT2D eigenvalue weighted by molar-refractivity contribution is -0.144. The molecule has 4 aliphatic rings. The Kier molecular flexibility index (Phi) is 24.1. The fourth-order valence-corrected chi connectivity index (χ4v) is 14.7. The van der Waals surface area contributed by atoms with E-state index < -0.39 is 41.0 Å². The Morgan fingerprint density at radius 2 is 1.11 bits per heavy atom. The quantitative estimate of drug-likeness (QED) is 0.0549. The van der Waals surface area contributed by atoms with Gasteiger partial charge in [0.15, 0.2) is 5.78 Å². The van der Waals surface area contributed by atoms with Crippen LogP contribution < -0.4 is 21.3 Å². The largest absolute Gasteiger partial charge is 0.381 e. The highest BCUT2D eigenvalue weighted by atomic mass is 32.2. The molecule has 4 saturated heterocycles. The summed E-state index contributed by atoms with van der Waals surface area (Å²) < 4.78 is 12.5. The molecule has 0 unspecified atom stereocenters. The molecule has 14 nitrogen and oxygen atoms in total. The highest BCUT2D eigenvalue weighted by Gasteiger charge is 2.56. The van der Waals surface area contributed by atoms with Gasteiger partial charge in [0.1, 0.15) is 18.1 Å². The van der Waals surface area contributed by atoms with E-state index in [1.54, 1.807) is 42.4 Å². The summed E-state index contributed by atoms with van der Waals surface area (Å²) >= 11 is 3.42. The molecule has 422 valence electrons. The van der Waals surface area contributed by atoms with E-state index in [4.69, 9.17) is 9.47 Å². The number of Topliss-reactive ketones (excluding diaryl/α,β-unsaturated/α-hetero) is 1. The number of thioether (sulfide) groups is 2. The summed E-state index contributed by atoms with van der Waals surface area (Å²) in [5.41, 5.74) is 1.17. The highest BCUT2D eigenvalue weighted by Crippen LogP contribution is 2.48. The Morgan fingerprint density at radius 3 is 1.62 bits per heavy atom. The second kappa shape index (κ2) is 29.9. The van der Waals surface area contributed by atoms with Crippen LogP contribution in [0.3, 0.4) is 0 Å². The van der Waals surface area contributed by atoms with E-state index in [1.165, 1.54) is 25.7 Å². The number of carbonyl (C=O) groups excluding carboxylic acids is 6. The van der Waals surface area contributed by atoms with Crippen LogP contribution in [0.5, 0.6) is 0 Å². The smallest absolute Gasteiger partial charge is 0.246 e. The molecular weight excluding hydrogens is 997 g/mol. The van der Waals surface area contributed by atoms with Crippen LogP contribution in [0.4, 0.5) is 0 Å². The lowest BCUT2D eigenvalue weighted by Gasteiger charge is -2.35. The zero-order valence-electron chi connectivity index (χ0n) is 47.1. The minimum atomic E-state index is -0.669. The van der Waals surface area contributed by atoms with E-state index in [-0.39, 0.29) is 70.4 Å². The van der Waals surface area contributed by atoms with Gasteiger partial charge in [0.2, 0.25) is 29.5 Å². The van der Waals surface area contributed by atoms with Crippen molar-refractivity contribution >= 4 is 58.8 Å². The fraction of sp³-hybridized carbons (Fsp3) is 0.700. The van der Waals surface area contributed by atoms with Gasteiger partial charge in [-0.05, 0) is 92.4 Å². The number of nitrogens with zero attached hydrogens (tertiary/aromatic N) is 2. The van der Waals surface area contributed by atoms with Gasteiger partial charge in [-0.3, -0.25) is 28.8 Å².